The van der Waals surface area contributed by atoms with Crippen molar-refractivity contribution in [3.8, 4) is 17.2 Å². The molecule has 1 saturated heterocycles. The van der Waals surface area contributed by atoms with E-state index in [0.29, 0.717) is 42.2 Å². The molecule has 0 bridgehead atoms. The lowest BCUT2D eigenvalue weighted by Gasteiger charge is -2.24. The Labute approximate surface area is 183 Å². The highest BCUT2D eigenvalue weighted by molar-refractivity contribution is 7.89. The Morgan fingerprint density at radius 2 is 1.81 bits per heavy atom. The average molecular weight is 449 g/mol. The molecule has 0 saturated carbocycles. The summed E-state index contributed by atoms with van der Waals surface area (Å²) in [4.78, 5) is 13.1. The van der Waals surface area contributed by atoms with E-state index in [1.165, 1.54) is 17.5 Å². The Morgan fingerprint density at radius 3 is 2.48 bits per heavy atom. The molecule has 9 heteroatoms. The fraction of sp³-hybridized carbons (Fsp3) is 0.409. The van der Waals surface area contributed by atoms with Gasteiger partial charge >= 0.3 is 0 Å². The molecule has 0 radical (unpaired) electrons. The number of methoxy groups -OCH3 is 3. The van der Waals surface area contributed by atoms with Crippen molar-refractivity contribution < 1.29 is 27.4 Å². The third-order valence-corrected chi connectivity index (χ3v) is 7.45. The quantitative estimate of drug-likeness (QED) is 0.667. The van der Waals surface area contributed by atoms with Crippen molar-refractivity contribution >= 4 is 15.9 Å². The smallest absolute Gasteiger partial charge is 0.244 e. The first-order valence-electron chi connectivity index (χ1n) is 9.97. The van der Waals surface area contributed by atoms with Gasteiger partial charge in [0.2, 0.25) is 15.9 Å². The Balaban J connectivity index is 1.76. The number of benzene rings is 2. The molecular formula is C22H28N2O6S. The zero-order valence-corrected chi connectivity index (χ0v) is 19.0. The number of amides is 1. The first kappa shape index (κ1) is 22.9. The van der Waals surface area contributed by atoms with Gasteiger partial charge in [-0.25, -0.2) is 8.42 Å². The van der Waals surface area contributed by atoms with Crippen LogP contribution in [0.25, 0.3) is 0 Å². The van der Waals surface area contributed by atoms with Crippen LogP contribution in [0.3, 0.4) is 0 Å². The van der Waals surface area contributed by atoms with Gasteiger partial charge in [-0.15, -0.1) is 0 Å². The Bertz CT molecular complexity index is 1050. The third-order valence-electron chi connectivity index (χ3n) is 5.40. The molecule has 1 fully saturated rings. The second kappa shape index (κ2) is 9.57. The van der Waals surface area contributed by atoms with Crippen molar-refractivity contribution in [3.63, 3.8) is 0 Å². The maximum Gasteiger partial charge on any atom is 0.244 e. The van der Waals surface area contributed by atoms with Gasteiger partial charge in [0.25, 0.3) is 0 Å². The minimum Gasteiger partial charge on any atom is -0.497 e. The topological polar surface area (TPSA) is 94.2 Å². The molecule has 1 aliphatic rings. The van der Waals surface area contributed by atoms with Crippen molar-refractivity contribution in [2.24, 2.45) is 0 Å². The van der Waals surface area contributed by atoms with Gasteiger partial charge in [-0.2, -0.15) is 4.31 Å². The fourth-order valence-electron chi connectivity index (χ4n) is 3.70. The van der Waals surface area contributed by atoms with Gasteiger partial charge in [0.05, 0.1) is 26.2 Å². The molecule has 168 valence electrons. The first-order valence-corrected chi connectivity index (χ1v) is 11.4. The standard InChI is InChI=1S/C22H28N2O6S/c1-15-7-9-17(28-2)13-21(15)31(26,27)24-11-5-6-18(24)22(25)23-14-16-8-10-19(29-3)20(12-16)30-4/h7-10,12-13,18H,5-6,11,14H2,1-4H3,(H,23,25)/t18-/m0/s1. The van der Waals surface area contributed by atoms with E-state index in [1.807, 2.05) is 6.07 Å². The van der Waals surface area contributed by atoms with Crippen LogP contribution in [0.1, 0.15) is 24.0 Å². The van der Waals surface area contributed by atoms with Gasteiger partial charge in [0.15, 0.2) is 11.5 Å². The lowest BCUT2D eigenvalue weighted by Crippen LogP contribution is -2.45. The van der Waals surface area contributed by atoms with Gasteiger partial charge < -0.3 is 19.5 Å². The van der Waals surface area contributed by atoms with Crippen molar-refractivity contribution in [3.05, 3.63) is 47.5 Å². The number of sulfonamides is 1. The lowest BCUT2D eigenvalue weighted by molar-refractivity contribution is -0.124. The predicted molar refractivity (Wildman–Crippen MR) is 116 cm³/mol. The Morgan fingerprint density at radius 1 is 1.06 bits per heavy atom. The number of hydrogen-bond donors (Lipinski definition) is 1. The van der Waals surface area contributed by atoms with Crippen LogP contribution in [0.4, 0.5) is 0 Å². The molecular weight excluding hydrogens is 420 g/mol. The molecule has 31 heavy (non-hydrogen) atoms. The van der Waals surface area contributed by atoms with Gasteiger partial charge in [0.1, 0.15) is 11.8 Å². The molecule has 2 aromatic rings. The average Bonchev–Trinajstić information content (AvgIpc) is 3.28. The molecule has 1 amide bonds. The molecule has 3 rings (SSSR count). The SMILES string of the molecule is COc1ccc(C)c(S(=O)(=O)N2CCC[C@H]2C(=O)NCc2ccc(OC)c(OC)c2)c1. The zero-order valence-electron chi connectivity index (χ0n) is 18.2. The molecule has 1 N–H and O–H groups in total. The molecule has 0 aromatic heterocycles. The predicted octanol–water partition coefficient (Wildman–Crippen LogP) is 2.49. The highest BCUT2D eigenvalue weighted by Crippen LogP contribution is 2.31. The van der Waals surface area contributed by atoms with Crippen LogP contribution in [0, 0.1) is 6.92 Å². The third kappa shape index (κ3) is 4.77. The minimum atomic E-state index is -3.84. The summed E-state index contributed by atoms with van der Waals surface area (Å²) in [6, 6.07) is 9.53. The number of nitrogens with zero attached hydrogens (tertiary/aromatic N) is 1. The summed E-state index contributed by atoms with van der Waals surface area (Å²) < 4.78 is 43.6. The second-order valence-corrected chi connectivity index (χ2v) is 9.17. The number of nitrogens with one attached hydrogen (secondary N) is 1. The van der Waals surface area contributed by atoms with E-state index in [-0.39, 0.29) is 17.3 Å². The molecule has 1 atom stereocenters. The highest BCUT2D eigenvalue weighted by atomic mass is 32.2. The van der Waals surface area contributed by atoms with E-state index in [9.17, 15) is 13.2 Å². The molecule has 1 aliphatic heterocycles. The van der Waals surface area contributed by atoms with Gasteiger partial charge in [0, 0.05) is 19.2 Å². The normalized spacial score (nSPS) is 16.7. The summed E-state index contributed by atoms with van der Waals surface area (Å²) >= 11 is 0. The van der Waals surface area contributed by atoms with E-state index in [1.54, 1.807) is 45.4 Å². The van der Waals surface area contributed by atoms with Crippen LogP contribution in [0.2, 0.25) is 0 Å². The number of carbonyl (C=O) groups excluding carboxylic acids is 1. The van der Waals surface area contributed by atoms with Crippen LogP contribution < -0.4 is 19.5 Å². The molecule has 0 aliphatic carbocycles. The molecule has 0 unspecified atom stereocenters. The number of ether oxygens (including phenoxy) is 3. The maximum absolute atomic E-state index is 13.3. The van der Waals surface area contributed by atoms with E-state index in [2.05, 4.69) is 5.32 Å². The van der Waals surface area contributed by atoms with Crippen molar-refractivity contribution in [1.82, 2.24) is 9.62 Å². The maximum atomic E-state index is 13.3. The second-order valence-electron chi connectivity index (χ2n) is 7.31. The van der Waals surface area contributed by atoms with Gasteiger partial charge in [-0.1, -0.05) is 12.1 Å². The van der Waals surface area contributed by atoms with Crippen LogP contribution in [-0.2, 0) is 21.4 Å². The van der Waals surface area contributed by atoms with E-state index in [4.69, 9.17) is 14.2 Å². The Hall–Kier alpha value is -2.78. The van der Waals surface area contributed by atoms with Crippen LogP contribution in [-0.4, -0.2) is 52.5 Å². The largest absolute Gasteiger partial charge is 0.497 e. The van der Waals surface area contributed by atoms with E-state index >= 15 is 0 Å². The summed E-state index contributed by atoms with van der Waals surface area (Å²) in [5.41, 5.74) is 1.43. The monoisotopic (exact) mass is 448 g/mol. The molecule has 2 aromatic carbocycles. The number of hydrogen-bond acceptors (Lipinski definition) is 6. The van der Waals surface area contributed by atoms with Crippen molar-refractivity contribution in [2.75, 3.05) is 27.9 Å². The Kier molecular flexibility index (Phi) is 7.07. The summed E-state index contributed by atoms with van der Waals surface area (Å²) in [6.45, 7) is 2.28. The van der Waals surface area contributed by atoms with Gasteiger partial charge in [-0.05, 0) is 49.1 Å². The van der Waals surface area contributed by atoms with Crippen LogP contribution in [0.5, 0.6) is 17.2 Å². The lowest BCUT2D eigenvalue weighted by atomic mass is 10.1. The van der Waals surface area contributed by atoms with Crippen molar-refractivity contribution in [2.45, 2.75) is 37.2 Å². The summed E-state index contributed by atoms with van der Waals surface area (Å²) in [5, 5.41) is 2.85. The zero-order chi connectivity index (χ0) is 22.6. The number of rotatable bonds is 8. The molecule has 0 spiro atoms. The number of aryl methyl sites for hydroxylation is 1. The fourth-order valence-corrected chi connectivity index (χ4v) is 5.60. The van der Waals surface area contributed by atoms with Crippen LogP contribution in [0.15, 0.2) is 41.3 Å². The van der Waals surface area contributed by atoms with E-state index < -0.39 is 16.1 Å². The van der Waals surface area contributed by atoms with Crippen LogP contribution >= 0.6 is 0 Å². The summed E-state index contributed by atoms with van der Waals surface area (Å²) in [5.74, 6) is 1.29. The molecule has 8 nitrogen and oxygen atoms in total. The highest BCUT2D eigenvalue weighted by Gasteiger charge is 2.40. The van der Waals surface area contributed by atoms with E-state index in [0.717, 1.165) is 5.56 Å². The van der Waals surface area contributed by atoms with Gasteiger partial charge in [-0.3, -0.25) is 4.79 Å². The summed E-state index contributed by atoms with van der Waals surface area (Å²) in [6.07, 6.45) is 1.09. The molecule has 1 heterocycles. The minimum absolute atomic E-state index is 0.159. The number of carbonyl (C=O) groups is 1. The first-order chi connectivity index (χ1) is 14.8. The van der Waals surface area contributed by atoms with Crippen molar-refractivity contribution in [1.29, 1.82) is 0 Å². The summed E-state index contributed by atoms with van der Waals surface area (Å²) in [7, 11) is 0.742.